The van der Waals surface area contributed by atoms with Gasteiger partial charge in [-0.3, -0.25) is 10.2 Å². The van der Waals surface area contributed by atoms with E-state index in [4.69, 9.17) is 0 Å². The maximum absolute atomic E-state index is 11.5. The number of hydrazine groups is 1. The number of benzene rings is 1. The van der Waals surface area contributed by atoms with Crippen LogP contribution < -0.4 is 16.2 Å². The van der Waals surface area contributed by atoms with Crippen LogP contribution in [0.25, 0.3) is 0 Å². The standard InChI is InChI=1S/C13H19N3O2/c1-9-6-5-7-10(8-9)14-12(18)16-15-11(17)13(2,3)4/h5-8H,1-4H3,(H,15,17)(H2,14,16,18). The molecule has 5 nitrogen and oxygen atoms in total. The molecule has 0 radical (unpaired) electrons. The fourth-order valence-electron chi connectivity index (χ4n) is 1.19. The minimum atomic E-state index is -0.545. The molecule has 0 atom stereocenters. The molecule has 5 heteroatoms. The summed E-state index contributed by atoms with van der Waals surface area (Å²) in [6.07, 6.45) is 0. The van der Waals surface area contributed by atoms with Gasteiger partial charge < -0.3 is 5.32 Å². The molecular weight excluding hydrogens is 230 g/mol. The van der Waals surface area contributed by atoms with Crippen LogP contribution in [0.2, 0.25) is 0 Å². The molecule has 18 heavy (non-hydrogen) atoms. The van der Waals surface area contributed by atoms with Crippen LogP contribution in [0.15, 0.2) is 24.3 Å². The third-order valence-electron chi connectivity index (χ3n) is 2.25. The number of hydrogen-bond acceptors (Lipinski definition) is 2. The molecule has 0 bridgehead atoms. The highest BCUT2D eigenvalue weighted by atomic mass is 16.2. The van der Waals surface area contributed by atoms with Crippen LogP contribution in [0.1, 0.15) is 26.3 Å². The molecule has 1 rings (SSSR count). The first kappa shape index (κ1) is 14.0. The number of carbonyl (C=O) groups excluding carboxylic acids is 2. The molecule has 0 saturated heterocycles. The first-order valence-electron chi connectivity index (χ1n) is 5.73. The van der Waals surface area contributed by atoms with Crippen molar-refractivity contribution in [1.82, 2.24) is 10.9 Å². The lowest BCUT2D eigenvalue weighted by Gasteiger charge is -2.18. The summed E-state index contributed by atoms with van der Waals surface area (Å²) in [5.41, 5.74) is 5.84. The van der Waals surface area contributed by atoms with E-state index >= 15 is 0 Å². The number of hydrogen-bond donors (Lipinski definition) is 3. The number of urea groups is 1. The number of anilines is 1. The summed E-state index contributed by atoms with van der Waals surface area (Å²) in [4.78, 5) is 23.0. The summed E-state index contributed by atoms with van der Waals surface area (Å²) in [6, 6.07) is 6.92. The Balaban J connectivity index is 2.46. The zero-order valence-corrected chi connectivity index (χ0v) is 11.1. The van der Waals surface area contributed by atoms with E-state index in [2.05, 4.69) is 16.2 Å². The number of carbonyl (C=O) groups is 2. The summed E-state index contributed by atoms with van der Waals surface area (Å²) in [6.45, 7) is 7.23. The fraction of sp³-hybridized carbons (Fsp3) is 0.385. The van der Waals surface area contributed by atoms with Crippen LogP contribution in [-0.2, 0) is 4.79 Å². The van der Waals surface area contributed by atoms with Crippen LogP contribution >= 0.6 is 0 Å². The predicted octanol–water partition coefficient (Wildman–Crippen LogP) is 2.19. The Kier molecular flexibility index (Phi) is 4.31. The Morgan fingerprint density at radius 1 is 1.11 bits per heavy atom. The lowest BCUT2D eigenvalue weighted by atomic mass is 9.96. The third-order valence-corrected chi connectivity index (χ3v) is 2.25. The Morgan fingerprint density at radius 3 is 2.33 bits per heavy atom. The van der Waals surface area contributed by atoms with Crippen molar-refractivity contribution in [3.05, 3.63) is 29.8 Å². The molecule has 0 unspecified atom stereocenters. The molecule has 98 valence electrons. The number of nitrogens with one attached hydrogen (secondary N) is 3. The van der Waals surface area contributed by atoms with Gasteiger partial charge >= 0.3 is 6.03 Å². The molecular formula is C13H19N3O2. The fourth-order valence-corrected chi connectivity index (χ4v) is 1.19. The molecule has 1 aromatic carbocycles. The minimum Gasteiger partial charge on any atom is -0.307 e. The van der Waals surface area contributed by atoms with Gasteiger partial charge in [-0.2, -0.15) is 0 Å². The van der Waals surface area contributed by atoms with Crippen molar-refractivity contribution < 1.29 is 9.59 Å². The van der Waals surface area contributed by atoms with Gasteiger partial charge in [-0.15, -0.1) is 0 Å². The highest BCUT2D eigenvalue weighted by Gasteiger charge is 2.21. The van der Waals surface area contributed by atoms with E-state index in [1.807, 2.05) is 25.1 Å². The molecule has 1 aromatic rings. The van der Waals surface area contributed by atoms with Gasteiger partial charge in [0.2, 0.25) is 5.91 Å². The molecule has 0 aromatic heterocycles. The zero-order valence-electron chi connectivity index (χ0n) is 11.1. The second kappa shape index (κ2) is 5.53. The van der Waals surface area contributed by atoms with E-state index in [1.165, 1.54) is 0 Å². The molecule has 0 aliphatic rings. The molecule has 3 N–H and O–H groups in total. The molecule has 0 spiro atoms. The van der Waals surface area contributed by atoms with Crippen molar-refractivity contribution >= 4 is 17.6 Å². The number of aryl methyl sites for hydroxylation is 1. The summed E-state index contributed by atoms with van der Waals surface area (Å²) < 4.78 is 0. The van der Waals surface area contributed by atoms with Crippen molar-refractivity contribution in [2.75, 3.05) is 5.32 Å². The first-order valence-corrected chi connectivity index (χ1v) is 5.73. The SMILES string of the molecule is Cc1cccc(NC(=O)NNC(=O)C(C)(C)C)c1. The maximum Gasteiger partial charge on any atom is 0.337 e. The number of amides is 3. The molecule has 0 fully saturated rings. The third kappa shape index (κ3) is 4.45. The van der Waals surface area contributed by atoms with E-state index < -0.39 is 11.4 Å². The van der Waals surface area contributed by atoms with Gasteiger partial charge in [-0.1, -0.05) is 32.9 Å². The largest absolute Gasteiger partial charge is 0.337 e. The van der Waals surface area contributed by atoms with Crippen LogP contribution in [-0.4, -0.2) is 11.9 Å². The van der Waals surface area contributed by atoms with Crippen molar-refractivity contribution in [2.45, 2.75) is 27.7 Å². The maximum atomic E-state index is 11.5. The zero-order chi connectivity index (χ0) is 13.8. The van der Waals surface area contributed by atoms with Crippen molar-refractivity contribution in [3.8, 4) is 0 Å². The van der Waals surface area contributed by atoms with Gasteiger partial charge in [0.25, 0.3) is 0 Å². The average molecular weight is 249 g/mol. The molecule has 3 amide bonds. The summed E-state index contributed by atoms with van der Waals surface area (Å²) in [5.74, 6) is -0.248. The van der Waals surface area contributed by atoms with E-state index in [1.54, 1.807) is 26.8 Å². The van der Waals surface area contributed by atoms with Crippen LogP contribution in [0.4, 0.5) is 10.5 Å². The second-order valence-electron chi connectivity index (χ2n) is 5.15. The molecule has 0 aliphatic carbocycles. The Hall–Kier alpha value is -2.04. The predicted molar refractivity (Wildman–Crippen MR) is 70.9 cm³/mol. The van der Waals surface area contributed by atoms with Gasteiger partial charge in [-0.05, 0) is 24.6 Å². The lowest BCUT2D eigenvalue weighted by Crippen LogP contribution is -2.48. The number of rotatable bonds is 1. The van der Waals surface area contributed by atoms with Gasteiger partial charge in [0.05, 0.1) is 0 Å². The lowest BCUT2D eigenvalue weighted by molar-refractivity contribution is -0.129. The van der Waals surface area contributed by atoms with E-state index in [0.717, 1.165) is 5.56 Å². The monoisotopic (exact) mass is 249 g/mol. The minimum absolute atomic E-state index is 0.248. The quantitative estimate of drug-likeness (QED) is 0.668. The average Bonchev–Trinajstić information content (AvgIpc) is 2.24. The topological polar surface area (TPSA) is 70.2 Å². The summed E-state index contributed by atoms with van der Waals surface area (Å²) >= 11 is 0. The first-order chi connectivity index (χ1) is 8.29. The molecule has 0 heterocycles. The van der Waals surface area contributed by atoms with Crippen LogP contribution in [0, 0.1) is 12.3 Å². The van der Waals surface area contributed by atoms with Crippen LogP contribution in [0.5, 0.6) is 0 Å². The van der Waals surface area contributed by atoms with Gasteiger partial charge in [0.1, 0.15) is 0 Å². The van der Waals surface area contributed by atoms with Gasteiger partial charge in [0, 0.05) is 11.1 Å². The summed E-state index contributed by atoms with van der Waals surface area (Å²) in [7, 11) is 0. The van der Waals surface area contributed by atoms with E-state index in [9.17, 15) is 9.59 Å². The van der Waals surface area contributed by atoms with Crippen molar-refractivity contribution in [1.29, 1.82) is 0 Å². The van der Waals surface area contributed by atoms with Crippen molar-refractivity contribution in [2.24, 2.45) is 5.41 Å². The highest BCUT2D eigenvalue weighted by Crippen LogP contribution is 2.12. The van der Waals surface area contributed by atoms with E-state index in [-0.39, 0.29) is 5.91 Å². The Morgan fingerprint density at radius 2 is 1.78 bits per heavy atom. The normalized spacial score (nSPS) is 10.7. The van der Waals surface area contributed by atoms with Gasteiger partial charge in [-0.25, -0.2) is 10.2 Å². The summed E-state index contributed by atoms with van der Waals surface area (Å²) in [5, 5.41) is 2.62. The molecule has 0 saturated carbocycles. The van der Waals surface area contributed by atoms with E-state index in [0.29, 0.717) is 5.69 Å². The van der Waals surface area contributed by atoms with Crippen LogP contribution in [0.3, 0.4) is 0 Å². The highest BCUT2D eigenvalue weighted by molar-refractivity contribution is 5.91. The van der Waals surface area contributed by atoms with Crippen molar-refractivity contribution in [3.63, 3.8) is 0 Å². The Bertz CT molecular complexity index is 450. The van der Waals surface area contributed by atoms with Gasteiger partial charge in [0.15, 0.2) is 0 Å². The second-order valence-corrected chi connectivity index (χ2v) is 5.15. The smallest absolute Gasteiger partial charge is 0.307 e. The molecule has 0 aliphatic heterocycles. The Labute approximate surface area is 107 Å².